The number of carbonyl (C=O) groups is 2. The number of hydrogen-bond acceptors (Lipinski definition) is 6. The van der Waals surface area contributed by atoms with Crippen molar-refractivity contribution in [1.29, 1.82) is 0 Å². The summed E-state index contributed by atoms with van der Waals surface area (Å²) in [5.74, 6) is -0.0744. The number of benzene rings is 1. The predicted molar refractivity (Wildman–Crippen MR) is 95.3 cm³/mol. The number of ether oxygens (including phenoxy) is 2. The van der Waals surface area contributed by atoms with Crippen molar-refractivity contribution in [1.82, 2.24) is 5.32 Å². The largest absolute Gasteiger partial charge is 0.487 e. The van der Waals surface area contributed by atoms with Crippen molar-refractivity contribution < 1.29 is 34.4 Å². The summed E-state index contributed by atoms with van der Waals surface area (Å²) in [4.78, 5) is 18.2. The molecule has 8 nitrogen and oxygen atoms in total. The molecular formula is C18H25NO7. The molecule has 0 fully saturated rings. The minimum absolute atomic E-state index is 0.0329. The summed E-state index contributed by atoms with van der Waals surface area (Å²) in [5.41, 5.74) is -0.0329. The van der Waals surface area contributed by atoms with Gasteiger partial charge in [0, 0.05) is 12.1 Å². The first kappa shape index (κ1) is 23.2. The minimum atomic E-state index is -1.82. The van der Waals surface area contributed by atoms with Crippen molar-refractivity contribution in [3.63, 3.8) is 0 Å². The van der Waals surface area contributed by atoms with E-state index >= 15 is 0 Å². The summed E-state index contributed by atoms with van der Waals surface area (Å²) in [5, 5.41) is 27.9. The van der Waals surface area contributed by atoms with E-state index in [4.69, 9.17) is 35.7 Å². The number of carboxylic acids is 2. The van der Waals surface area contributed by atoms with E-state index in [0.29, 0.717) is 18.0 Å². The third kappa shape index (κ3) is 11.7. The smallest absolute Gasteiger partial charge is 0.414 e. The number of rotatable bonds is 7. The van der Waals surface area contributed by atoms with Crippen LogP contribution in [0.4, 0.5) is 0 Å². The molecule has 0 aliphatic carbocycles. The molecule has 0 bridgehead atoms. The molecule has 144 valence electrons. The molecular weight excluding hydrogens is 342 g/mol. The Morgan fingerprint density at radius 2 is 1.65 bits per heavy atom. The number of terminal acetylenes is 1. The summed E-state index contributed by atoms with van der Waals surface area (Å²) < 4.78 is 11.0. The highest BCUT2D eigenvalue weighted by atomic mass is 16.5. The number of para-hydroxylation sites is 2. The van der Waals surface area contributed by atoms with Gasteiger partial charge in [-0.25, -0.2) is 9.59 Å². The highest BCUT2D eigenvalue weighted by Crippen LogP contribution is 2.26. The van der Waals surface area contributed by atoms with Gasteiger partial charge < -0.3 is 30.1 Å². The Balaban J connectivity index is 0.000000896. The average Bonchev–Trinajstić information content (AvgIpc) is 2.56. The van der Waals surface area contributed by atoms with Crippen LogP contribution in [0.3, 0.4) is 0 Å². The normalized spacial score (nSPS) is 11.3. The van der Waals surface area contributed by atoms with E-state index in [1.165, 1.54) is 0 Å². The van der Waals surface area contributed by atoms with Crippen LogP contribution in [0, 0.1) is 12.3 Å². The third-order valence-corrected chi connectivity index (χ3v) is 2.64. The van der Waals surface area contributed by atoms with Crippen LogP contribution in [0.25, 0.3) is 0 Å². The van der Waals surface area contributed by atoms with Crippen LogP contribution < -0.4 is 14.8 Å². The summed E-state index contributed by atoms with van der Waals surface area (Å²) in [6.45, 7) is 6.99. The fourth-order valence-electron chi connectivity index (χ4n) is 1.48. The minimum Gasteiger partial charge on any atom is -0.487 e. The fraction of sp³-hybridized carbons (Fsp3) is 0.444. The Kier molecular flexibility index (Phi) is 10.5. The Hall–Kier alpha value is -2.76. The first-order chi connectivity index (χ1) is 12.1. The first-order valence-corrected chi connectivity index (χ1v) is 7.74. The first-order valence-electron chi connectivity index (χ1n) is 7.74. The molecule has 1 aromatic carbocycles. The van der Waals surface area contributed by atoms with Crippen molar-refractivity contribution >= 4 is 11.9 Å². The van der Waals surface area contributed by atoms with Crippen molar-refractivity contribution in [3.05, 3.63) is 24.3 Å². The van der Waals surface area contributed by atoms with E-state index in [1.807, 2.05) is 32.9 Å². The average molecular weight is 367 g/mol. The molecule has 0 saturated carbocycles. The van der Waals surface area contributed by atoms with Crippen LogP contribution in [0.15, 0.2) is 24.3 Å². The van der Waals surface area contributed by atoms with Crippen molar-refractivity contribution in [2.75, 3.05) is 19.8 Å². The van der Waals surface area contributed by atoms with Crippen LogP contribution in [-0.2, 0) is 9.59 Å². The Labute approximate surface area is 152 Å². The number of aliphatic hydroxyl groups is 1. The maximum atomic E-state index is 9.88. The van der Waals surface area contributed by atoms with Gasteiger partial charge in [-0.2, -0.15) is 0 Å². The monoisotopic (exact) mass is 367 g/mol. The number of nitrogens with one attached hydrogen (secondary N) is 1. The van der Waals surface area contributed by atoms with E-state index in [9.17, 15) is 5.11 Å². The van der Waals surface area contributed by atoms with Crippen LogP contribution in [0.2, 0.25) is 0 Å². The van der Waals surface area contributed by atoms with E-state index in [0.717, 1.165) is 0 Å². The lowest BCUT2D eigenvalue weighted by molar-refractivity contribution is -0.159. The van der Waals surface area contributed by atoms with Gasteiger partial charge in [0.15, 0.2) is 11.5 Å². The molecule has 0 saturated heterocycles. The highest BCUT2D eigenvalue weighted by Gasteiger charge is 2.13. The van der Waals surface area contributed by atoms with E-state index < -0.39 is 18.0 Å². The van der Waals surface area contributed by atoms with E-state index in [2.05, 4.69) is 11.2 Å². The molecule has 0 aromatic heterocycles. The maximum absolute atomic E-state index is 9.88. The van der Waals surface area contributed by atoms with Crippen LogP contribution in [0.1, 0.15) is 20.8 Å². The van der Waals surface area contributed by atoms with Crippen LogP contribution in [0.5, 0.6) is 11.5 Å². The predicted octanol–water partition coefficient (Wildman–Crippen LogP) is 0.982. The number of β-amino-alcohol motifs (C(OH)–C–C–N with tert-alkyl or cyclic N) is 1. The number of aliphatic hydroxyl groups excluding tert-OH is 1. The molecule has 26 heavy (non-hydrogen) atoms. The summed E-state index contributed by atoms with van der Waals surface area (Å²) in [7, 11) is 0. The molecule has 0 amide bonds. The number of aliphatic carboxylic acids is 2. The SMILES string of the molecule is C#CCOc1ccccc1OCC(O)CNC(C)(C)C.O=C(O)C(=O)O. The van der Waals surface area contributed by atoms with Gasteiger partial charge in [0.05, 0.1) is 0 Å². The molecule has 0 aliphatic rings. The summed E-state index contributed by atoms with van der Waals surface area (Å²) >= 11 is 0. The van der Waals surface area contributed by atoms with Gasteiger partial charge in [-0.15, -0.1) is 6.42 Å². The van der Waals surface area contributed by atoms with Crippen LogP contribution >= 0.6 is 0 Å². The van der Waals surface area contributed by atoms with Gasteiger partial charge in [0.25, 0.3) is 0 Å². The van der Waals surface area contributed by atoms with Crippen molar-refractivity contribution in [3.8, 4) is 23.8 Å². The molecule has 0 aliphatic heterocycles. The second-order valence-corrected chi connectivity index (χ2v) is 6.15. The highest BCUT2D eigenvalue weighted by molar-refractivity contribution is 6.27. The lowest BCUT2D eigenvalue weighted by Crippen LogP contribution is -2.42. The zero-order chi connectivity index (χ0) is 20.2. The molecule has 0 spiro atoms. The Morgan fingerprint density at radius 3 is 2.08 bits per heavy atom. The molecule has 1 rings (SSSR count). The van der Waals surface area contributed by atoms with Crippen LogP contribution in [-0.4, -0.2) is 58.7 Å². The standard InChI is InChI=1S/C16H23NO3.C2H2O4/c1-5-10-19-14-8-6-7-9-15(14)20-12-13(18)11-17-16(2,3)4;3-1(4)2(5)6/h1,6-9,13,17-18H,10-12H2,2-4H3;(H,3,4)(H,5,6). The van der Waals surface area contributed by atoms with E-state index in [-0.39, 0.29) is 18.8 Å². The second-order valence-electron chi connectivity index (χ2n) is 6.15. The Bertz CT molecular complexity index is 605. The molecule has 1 atom stereocenters. The topological polar surface area (TPSA) is 125 Å². The van der Waals surface area contributed by atoms with Gasteiger partial charge in [0.2, 0.25) is 0 Å². The zero-order valence-corrected chi connectivity index (χ0v) is 15.1. The lowest BCUT2D eigenvalue weighted by Gasteiger charge is -2.23. The summed E-state index contributed by atoms with van der Waals surface area (Å²) in [6, 6.07) is 7.26. The molecule has 4 N–H and O–H groups in total. The molecule has 8 heteroatoms. The molecule has 1 aromatic rings. The quantitative estimate of drug-likeness (QED) is 0.415. The van der Waals surface area contributed by atoms with Gasteiger partial charge >= 0.3 is 11.9 Å². The summed E-state index contributed by atoms with van der Waals surface area (Å²) in [6.07, 6.45) is 4.58. The number of carboxylic acid groups (broad SMARTS) is 2. The van der Waals surface area contributed by atoms with Gasteiger partial charge in [-0.3, -0.25) is 0 Å². The maximum Gasteiger partial charge on any atom is 0.414 e. The van der Waals surface area contributed by atoms with Gasteiger partial charge in [-0.05, 0) is 32.9 Å². The third-order valence-electron chi connectivity index (χ3n) is 2.64. The number of hydrogen-bond donors (Lipinski definition) is 4. The van der Waals surface area contributed by atoms with E-state index in [1.54, 1.807) is 12.1 Å². The lowest BCUT2D eigenvalue weighted by atomic mass is 10.1. The Morgan fingerprint density at radius 1 is 1.15 bits per heavy atom. The van der Waals surface area contributed by atoms with Gasteiger partial charge in [-0.1, -0.05) is 18.1 Å². The van der Waals surface area contributed by atoms with Gasteiger partial charge in [0.1, 0.15) is 19.3 Å². The van der Waals surface area contributed by atoms with Crippen molar-refractivity contribution in [2.45, 2.75) is 32.4 Å². The molecule has 0 radical (unpaired) electrons. The fourth-order valence-corrected chi connectivity index (χ4v) is 1.48. The molecule has 1 unspecified atom stereocenters. The molecule has 0 heterocycles. The van der Waals surface area contributed by atoms with Crippen molar-refractivity contribution in [2.24, 2.45) is 0 Å². The second kappa shape index (κ2) is 11.7. The zero-order valence-electron chi connectivity index (χ0n) is 15.1.